The first-order chi connectivity index (χ1) is 11.0. The lowest BCUT2D eigenvalue weighted by atomic mass is 9.70. The minimum Gasteiger partial charge on any atom is -0.341 e. The van der Waals surface area contributed by atoms with Gasteiger partial charge in [0.25, 0.3) is 0 Å². The van der Waals surface area contributed by atoms with Gasteiger partial charge in [0.05, 0.1) is 5.69 Å². The lowest BCUT2D eigenvalue weighted by Crippen LogP contribution is -2.31. The standard InChI is InChI=1S/C21H22N2/c1-20(2)16-11-12-21(20,3)18-17(16)22-19(23-18)15-10-6-8-13-7-4-5-9-14(13)15/h4-10,16H,11-12H2,1-3H3,(H,22,23)/t16-,21+/m1/s1. The van der Waals surface area contributed by atoms with E-state index in [1.54, 1.807) is 0 Å². The van der Waals surface area contributed by atoms with Crippen LogP contribution in [0.2, 0.25) is 0 Å². The highest BCUT2D eigenvalue weighted by Crippen LogP contribution is 2.67. The lowest BCUT2D eigenvalue weighted by Gasteiger charge is -2.34. The predicted molar refractivity (Wildman–Crippen MR) is 94.6 cm³/mol. The highest BCUT2D eigenvalue weighted by molar-refractivity contribution is 5.95. The van der Waals surface area contributed by atoms with Gasteiger partial charge in [-0.1, -0.05) is 63.2 Å². The Morgan fingerprint density at radius 2 is 1.83 bits per heavy atom. The first-order valence-corrected chi connectivity index (χ1v) is 8.61. The van der Waals surface area contributed by atoms with Crippen LogP contribution in [0.3, 0.4) is 0 Å². The highest BCUT2D eigenvalue weighted by atomic mass is 15.0. The summed E-state index contributed by atoms with van der Waals surface area (Å²) >= 11 is 0. The third-order valence-corrected chi connectivity index (χ3v) is 6.87. The van der Waals surface area contributed by atoms with Gasteiger partial charge in [0.15, 0.2) is 0 Å². The van der Waals surface area contributed by atoms with Crippen LogP contribution in [-0.2, 0) is 5.41 Å². The van der Waals surface area contributed by atoms with Crippen molar-refractivity contribution in [2.24, 2.45) is 5.41 Å². The fraction of sp³-hybridized carbons (Fsp3) is 0.381. The van der Waals surface area contributed by atoms with Gasteiger partial charge in [0.1, 0.15) is 5.82 Å². The first kappa shape index (κ1) is 13.4. The summed E-state index contributed by atoms with van der Waals surface area (Å²) in [5, 5.41) is 2.55. The van der Waals surface area contributed by atoms with Gasteiger partial charge in [-0.3, -0.25) is 0 Å². The molecule has 2 heteroatoms. The van der Waals surface area contributed by atoms with E-state index < -0.39 is 0 Å². The first-order valence-electron chi connectivity index (χ1n) is 8.61. The Labute approximate surface area is 137 Å². The normalized spacial score (nSPS) is 27.5. The average molecular weight is 302 g/mol. The number of imidazole rings is 1. The third-order valence-electron chi connectivity index (χ3n) is 6.87. The van der Waals surface area contributed by atoms with E-state index in [4.69, 9.17) is 4.98 Å². The van der Waals surface area contributed by atoms with Crippen molar-refractivity contribution in [2.75, 3.05) is 0 Å². The van der Waals surface area contributed by atoms with Crippen molar-refractivity contribution >= 4 is 10.8 Å². The van der Waals surface area contributed by atoms with Crippen LogP contribution in [0.5, 0.6) is 0 Å². The number of rotatable bonds is 1. The number of H-pyrrole nitrogens is 1. The third kappa shape index (κ3) is 1.47. The summed E-state index contributed by atoms with van der Waals surface area (Å²) in [6.45, 7) is 7.24. The maximum absolute atomic E-state index is 5.11. The zero-order valence-electron chi connectivity index (χ0n) is 14.0. The number of aromatic nitrogens is 2. The van der Waals surface area contributed by atoms with E-state index >= 15 is 0 Å². The van der Waals surface area contributed by atoms with Crippen molar-refractivity contribution in [3.63, 3.8) is 0 Å². The number of hydrogen-bond acceptors (Lipinski definition) is 1. The molecule has 0 saturated heterocycles. The second-order valence-corrected chi connectivity index (χ2v) is 8.02. The second-order valence-electron chi connectivity index (χ2n) is 8.02. The van der Waals surface area contributed by atoms with Crippen molar-refractivity contribution in [1.82, 2.24) is 9.97 Å². The maximum atomic E-state index is 5.11. The van der Waals surface area contributed by atoms with Crippen LogP contribution in [-0.4, -0.2) is 9.97 Å². The minimum absolute atomic E-state index is 0.215. The van der Waals surface area contributed by atoms with Crippen LogP contribution in [0, 0.1) is 5.41 Å². The van der Waals surface area contributed by atoms with E-state index in [1.807, 2.05) is 0 Å². The number of fused-ring (bicyclic) bond motifs is 6. The molecule has 23 heavy (non-hydrogen) atoms. The van der Waals surface area contributed by atoms with Gasteiger partial charge >= 0.3 is 0 Å². The predicted octanol–water partition coefficient (Wildman–Crippen LogP) is 5.40. The van der Waals surface area contributed by atoms with Crippen LogP contribution in [0.25, 0.3) is 22.2 Å². The van der Waals surface area contributed by atoms with Crippen molar-refractivity contribution in [3.8, 4) is 11.4 Å². The van der Waals surface area contributed by atoms with Crippen molar-refractivity contribution in [1.29, 1.82) is 0 Å². The summed E-state index contributed by atoms with van der Waals surface area (Å²) < 4.78 is 0. The molecule has 1 aromatic heterocycles. The molecule has 2 aliphatic rings. The molecule has 1 N–H and O–H groups in total. The van der Waals surface area contributed by atoms with Gasteiger partial charge < -0.3 is 4.98 Å². The van der Waals surface area contributed by atoms with E-state index in [-0.39, 0.29) is 5.41 Å². The molecule has 0 spiro atoms. The molecule has 2 nitrogen and oxygen atoms in total. The Hall–Kier alpha value is -2.09. The summed E-state index contributed by atoms with van der Waals surface area (Å²) in [6.07, 6.45) is 2.55. The number of aromatic amines is 1. The summed E-state index contributed by atoms with van der Waals surface area (Å²) in [4.78, 5) is 8.81. The SMILES string of the molecule is CC1(C)[C@@H]2CC[C@@]1(C)c1nc(-c3cccc4ccccc34)[nH]c12. The zero-order valence-corrected chi connectivity index (χ0v) is 14.0. The molecule has 2 atom stereocenters. The minimum atomic E-state index is 0.215. The van der Waals surface area contributed by atoms with Crippen LogP contribution in [0.4, 0.5) is 0 Å². The van der Waals surface area contributed by atoms with Gasteiger partial charge in [-0.2, -0.15) is 0 Å². The number of benzene rings is 2. The fourth-order valence-electron chi connectivity index (χ4n) is 5.05. The molecule has 1 heterocycles. The fourth-order valence-corrected chi connectivity index (χ4v) is 5.05. The van der Waals surface area contributed by atoms with Gasteiger partial charge in [-0.15, -0.1) is 0 Å². The Morgan fingerprint density at radius 1 is 1.04 bits per heavy atom. The molecule has 2 aromatic carbocycles. The molecule has 2 aliphatic carbocycles. The number of nitrogens with zero attached hydrogens (tertiary/aromatic N) is 1. The topological polar surface area (TPSA) is 28.7 Å². The Bertz CT molecular complexity index is 929. The van der Waals surface area contributed by atoms with Gasteiger partial charge in [-0.05, 0) is 29.0 Å². The summed E-state index contributed by atoms with van der Waals surface area (Å²) in [5.74, 6) is 1.67. The van der Waals surface area contributed by atoms with Gasteiger partial charge in [0.2, 0.25) is 0 Å². The number of nitrogens with one attached hydrogen (secondary N) is 1. The lowest BCUT2D eigenvalue weighted by molar-refractivity contribution is 0.226. The van der Waals surface area contributed by atoms with Crippen LogP contribution >= 0.6 is 0 Å². The van der Waals surface area contributed by atoms with Crippen molar-refractivity contribution in [3.05, 3.63) is 53.9 Å². The largest absolute Gasteiger partial charge is 0.341 e. The number of hydrogen-bond donors (Lipinski definition) is 1. The monoisotopic (exact) mass is 302 g/mol. The quantitative estimate of drug-likeness (QED) is 0.640. The highest BCUT2D eigenvalue weighted by Gasteiger charge is 2.61. The molecule has 5 rings (SSSR count). The molecule has 0 aliphatic heterocycles. The van der Waals surface area contributed by atoms with E-state index in [2.05, 4.69) is 68.2 Å². The van der Waals surface area contributed by atoms with Crippen LogP contribution < -0.4 is 0 Å². The van der Waals surface area contributed by atoms with Gasteiger partial charge in [0, 0.05) is 22.6 Å². The smallest absolute Gasteiger partial charge is 0.138 e. The van der Waals surface area contributed by atoms with Crippen molar-refractivity contribution in [2.45, 2.75) is 44.9 Å². The Kier molecular flexibility index (Phi) is 2.35. The van der Waals surface area contributed by atoms with E-state index in [1.165, 1.54) is 40.6 Å². The molecule has 1 fully saturated rings. The van der Waals surface area contributed by atoms with E-state index in [0.29, 0.717) is 11.3 Å². The van der Waals surface area contributed by atoms with Crippen molar-refractivity contribution < 1.29 is 0 Å². The summed E-state index contributed by atoms with van der Waals surface area (Å²) in [7, 11) is 0. The van der Waals surface area contributed by atoms with Gasteiger partial charge in [-0.25, -0.2) is 4.98 Å². The molecule has 2 bridgehead atoms. The summed E-state index contributed by atoms with van der Waals surface area (Å²) in [5.41, 5.74) is 4.47. The molecule has 0 radical (unpaired) electrons. The molecule has 0 amide bonds. The van der Waals surface area contributed by atoms with Crippen LogP contribution in [0.15, 0.2) is 42.5 Å². The molecule has 116 valence electrons. The van der Waals surface area contributed by atoms with E-state index in [0.717, 1.165) is 5.82 Å². The molecule has 3 aromatic rings. The zero-order chi connectivity index (χ0) is 15.8. The molecule has 0 unspecified atom stereocenters. The molecular weight excluding hydrogens is 280 g/mol. The average Bonchev–Trinajstić information content (AvgIpc) is 3.12. The Morgan fingerprint density at radius 3 is 2.65 bits per heavy atom. The second kappa shape index (κ2) is 4.05. The van der Waals surface area contributed by atoms with E-state index in [9.17, 15) is 0 Å². The molecule has 1 saturated carbocycles. The summed E-state index contributed by atoms with van der Waals surface area (Å²) in [6, 6.07) is 15.1. The van der Waals surface area contributed by atoms with Crippen LogP contribution in [0.1, 0.15) is 50.9 Å². The Balaban J connectivity index is 1.73. The maximum Gasteiger partial charge on any atom is 0.138 e. The molecular formula is C21H22N2.